The van der Waals surface area contributed by atoms with Crippen LogP contribution in [-0.4, -0.2) is 55.1 Å². The van der Waals surface area contributed by atoms with Crippen molar-refractivity contribution in [1.29, 1.82) is 0 Å². The fourth-order valence-electron chi connectivity index (χ4n) is 4.12. The third-order valence-electron chi connectivity index (χ3n) is 5.58. The second-order valence-corrected chi connectivity index (χ2v) is 7.73. The van der Waals surface area contributed by atoms with Gasteiger partial charge in [0.25, 0.3) is 0 Å². The summed E-state index contributed by atoms with van der Waals surface area (Å²) >= 11 is 0. The second kappa shape index (κ2) is 10.4. The third-order valence-corrected chi connectivity index (χ3v) is 5.58. The number of aliphatic imine (C=N–C) groups is 1. The molecule has 0 aliphatic carbocycles. The van der Waals surface area contributed by atoms with Crippen LogP contribution < -0.4 is 10.6 Å². The van der Waals surface area contributed by atoms with Crippen LogP contribution in [0, 0.1) is 6.92 Å². The Bertz CT molecular complexity index is 826. The van der Waals surface area contributed by atoms with Gasteiger partial charge in [0, 0.05) is 45.4 Å². The Morgan fingerprint density at radius 2 is 2.07 bits per heavy atom. The summed E-state index contributed by atoms with van der Waals surface area (Å²) in [5.74, 6) is 5.08. The predicted octanol–water partition coefficient (Wildman–Crippen LogP) is 1.64. The highest BCUT2D eigenvalue weighted by Crippen LogP contribution is 2.15. The van der Waals surface area contributed by atoms with E-state index in [1.54, 1.807) is 0 Å². The monoisotopic (exact) mass is 513 g/mol. The standard InChI is InChI=1S/C19H31N9.HI/c1-14-22-16-10-9-15(13-28(16)26-14)23-19(20-2)21-11-6-8-18-25-24-17-7-4-3-5-12-27(17)18;/h15H,3-13H2,1-2H3,(H2,20,21,23);1H. The molecule has 2 aliphatic heterocycles. The lowest BCUT2D eigenvalue weighted by Crippen LogP contribution is -2.47. The fourth-order valence-corrected chi connectivity index (χ4v) is 4.12. The van der Waals surface area contributed by atoms with Gasteiger partial charge in [0.1, 0.15) is 23.3 Å². The minimum Gasteiger partial charge on any atom is -0.356 e. The maximum Gasteiger partial charge on any atom is 0.191 e. The molecule has 9 nitrogen and oxygen atoms in total. The number of hydrogen-bond donors (Lipinski definition) is 2. The molecule has 0 saturated carbocycles. The first kappa shape index (κ1) is 22.0. The van der Waals surface area contributed by atoms with E-state index in [2.05, 4.69) is 40.5 Å². The highest BCUT2D eigenvalue weighted by atomic mass is 127. The lowest BCUT2D eigenvalue weighted by atomic mass is 10.1. The zero-order chi connectivity index (χ0) is 19.3. The van der Waals surface area contributed by atoms with Crippen molar-refractivity contribution in [1.82, 2.24) is 40.2 Å². The Hall–Kier alpha value is -1.72. The van der Waals surface area contributed by atoms with E-state index < -0.39 is 0 Å². The van der Waals surface area contributed by atoms with Gasteiger partial charge in [-0.2, -0.15) is 5.10 Å². The normalized spacial score (nSPS) is 19.0. The summed E-state index contributed by atoms with van der Waals surface area (Å²) in [6.45, 7) is 4.72. The van der Waals surface area contributed by atoms with Gasteiger partial charge in [-0.25, -0.2) is 9.67 Å². The van der Waals surface area contributed by atoms with Gasteiger partial charge in [-0.1, -0.05) is 6.42 Å². The third kappa shape index (κ3) is 5.46. The van der Waals surface area contributed by atoms with Gasteiger partial charge in [0.15, 0.2) is 5.96 Å². The number of aromatic nitrogens is 6. The number of nitrogens with zero attached hydrogens (tertiary/aromatic N) is 7. The molecule has 0 spiro atoms. The molecule has 160 valence electrons. The highest BCUT2D eigenvalue weighted by molar-refractivity contribution is 14.0. The summed E-state index contributed by atoms with van der Waals surface area (Å²) in [7, 11) is 1.82. The zero-order valence-electron chi connectivity index (χ0n) is 17.4. The smallest absolute Gasteiger partial charge is 0.191 e. The minimum absolute atomic E-state index is 0. The van der Waals surface area contributed by atoms with E-state index in [0.29, 0.717) is 6.04 Å². The van der Waals surface area contributed by atoms with Gasteiger partial charge in [-0.15, -0.1) is 34.2 Å². The first-order valence-electron chi connectivity index (χ1n) is 10.5. The topological polar surface area (TPSA) is 97.8 Å². The molecule has 2 N–H and O–H groups in total. The van der Waals surface area contributed by atoms with Crippen molar-refractivity contribution in [2.75, 3.05) is 13.6 Å². The van der Waals surface area contributed by atoms with Crippen LogP contribution in [0.4, 0.5) is 0 Å². The van der Waals surface area contributed by atoms with E-state index in [-0.39, 0.29) is 24.0 Å². The van der Waals surface area contributed by atoms with Crippen LogP contribution in [0.5, 0.6) is 0 Å². The molecule has 10 heteroatoms. The zero-order valence-corrected chi connectivity index (χ0v) is 19.7. The molecule has 0 saturated heterocycles. The lowest BCUT2D eigenvalue weighted by Gasteiger charge is -2.25. The van der Waals surface area contributed by atoms with Crippen molar-refractivity contribution >= 4 is 29.9 Å². The Kier molecular flexibility index (Phi) is 7.84. The molecule has 1 unspecified atom stereocenters. The quantitative estimate of drug-likeness (QED) is 0.273. The molecule has 4 rings (SSSR count). The molecule has 1 atom stereocenters. The van der Waals surface area contributed by atoms with Crippen molar-refractivity contribution in [3.05, 3.63) is 23.3 Å². The molecule has 4 heterocycles. The number of guanidine groups is 1. The van der Waals surface area contributed by atoms with Crippen LogP contribution in [0.25, 0.3) is 0 Å². The predicted molar refractivity (Wildman–Crippen MR) is 123 cm³/mol. The average Bonchev–Trinajstić information content (AvgIpc) is 3.17. The van der Waals surface area contributed by atoms with E-state index in [0.717, 1.165) is 81.0 Å². The second-order valence-electron chi connectivity index (χ2n) is 7.73. The SMILES string of the molecule is CN=C(NCCCc1nnc2n1CCCCC2)NC1CCc2nc(C)nn2C1.I. The summed E-state index contributed by atoms with van der Waals surface area (Å²) < 4.78 is 4.35. The fraction of sp³-hybridized carbons (Fsp3) is 0.737. The van der Waals surface area contributed by atoms with Crippen molar-refractivity contribution in [3.63, 3.8) is 0 Å². The van der Waals surface area contributed by atoms with Crippen molar-refractivity contribution in [2.45, 2.75) is 77.4 Å². The lowest BCUT2D eigenvalue weighted by molar-refractivity contribution is 0.392. The highest BCUT2D eigenvalue weighted by Gasteiger charge is 2.21. The van der Waals surface area contributed by atoms with Crippen molar-refractivity contribution in [3.8, 4) is 0 Å². The first-order chi connectivity index (χ1) is 13.7. The summed E-state index contributed by atoms with van der Waals surface area (Å²) in [6.07, 6.45) is 8.79. The van der Waals surface area contributed by atoms with E-state index in [4.69, 9.17) is 0 Å². The van der Waals surface area contributed by atoms with Crippen LogP contribution in [0.3, 0.4) is 0 Å². The van der Waals surface area contributed by atoms with E-state index in [9.17, 15) is 0 Å². The Balaban J connectivity index is 0.00000240. The van der Waals surface area contributed by atoms with Crippen LogP contribution in [0.2, 0.25) is 0 Å². The molecule has 0 bridgehead atoms. The van der Waals surface area contributed by atoms with Crippen molar-refractivity contribution in [2.24, 2.45) is 4.99 Å². The number of fused-ring (bicyclic) bond motifs is 2. The molecular formula is C19H32IN9. The molecule has 0 radical (unpaired) electrons. The van der Waals surface area contributed by atoms with E-state index >= 15 is 0 Å². The van der Waals surface area contributed by atoms with E-state index in [1.165, 1.54) is 19.3 Å². The summed E-state index contributed by atoms with van der Waals surface area (Å²) in [4.78, 5) is 8.85. The van der Waals surface area contributed by atoms with Gasteiger partial charge in [-0.3, -0.25) is 4.99 Å². The minimum atomic E-state index is 0. The van der Waals surface area contributed by atoms with Gasteiger partial charge in [0.2, 0.25) is 0 Å². The van der Waals surface area contributed by atoms with Gasteiger partial charge in [0.05, 0.1) is 6.54 Å². The van der Waals surface area contributed by atoms with Gasteiger partial charge < -0.3 is 15.2 Å². The molecule has 2 aromatic heterocycles. The number of rotatable bonds is 5. The summed E-state index contributed by atoms with van der Waals surface area (Å²) in [5, 5.41) is 20.2. The Labute approximate surface area is 189 Å². The largest absolute Gasteiger partial charge is 0.356 e. The molecular weight excluding hydrogens is 481 g/mol. The number of nitrogens with one attached hydrogen (secondary N) is 2. The van der Waals surface area contributed by atoms with Crippen LogP contribution in [0.15, 0.2) is 4.99 Å². The Morgan fingerprint density at radius 1 is 1.17 bits per heavy atom. The molecule has 0 amide bonds. The van der Waals surface area contributed by atoms with Crippen LogP contribution in [0.1, 0.15) is 55.4 Å². The maximum atomic E-state index is 4.47. The number of halogens is 1. The molecule has 0 fully saturated rings. The summed E-state index contributed by atoms with van der Waals surface area (Å²) in [5.41, 5.74) is 0. The Morgan fingerprint density at radius 3 is 2.93 bits per heavy atom. The van der Waals surface area contributed by atoms with E-state index in [1.807, 2.05) is 18.7 Å². The average molecular weight is 513 g/mol. The van der Waals surface area contributed by atoms with Gasteiger partial charge in [-0.05, 0) is 32.6 Å². The molecule has 2 aliphatic rings. The van der Waals surface area contributed by atoms with Crippen LogP contribution in [-0.2, 0) is 32.4 Å². The molecule has 2 aromatic rings. The number of aryl methyl sites for hydroxylation is 4. The van der Waals surface area contributed by atoms with Crippen molar-refractivity contribution < 1.29 is 0 Å². The number of hydrogen-bond acceptors (Lipinski definition) is 5. The molecule has 0 aromatic carbocycles. The first-order valence-corrected chi connectivity index (χ1v) is 10.5. The molecule has 29 heavy (non-hydrogen) atoms. The van der Waals surface area contributed by atoms with Gasteiger partial charge >= 0.3 is 0 Å². The summed E-state index contributed by atoms with van der Waals surface area (Å²) in [6, 6.07) is 0.326. The maximum absolute atomic E-state index is 4.47. The van der Waals surface area contributed by atoms with Crippen LogP contribution >= 0.6 is 24.0 Å².